The van der Waals surface area contributed by atoms with Crippen molar-refractivity contribution in [2.45, 2.75) is 0 Å². The van der Waals surface area contributed by atoms with E-state index in [1.165, 1.54) is 13.2 Å². The average Bonchev–Trinajstić information content (AvgIpc) is 2.43. The highest BCUT2D eigenvalue weighted by molar-refractivity contribution is 5.64. The summed E-state index contributed by atoms with van der Waals surface area (Å²) in [5, 5.41) is 16.8. The lowest BCUT2D eigenvalue weighted by atomic mass is 10.2. The zero-order valence-electron chi connectivity index (χ0n) is 11.4. The predicted octanol–water partition coefficient (Wildman–Crippen LogP) is 1.39. The molecule has 1 aromatic carbocycles. The molecule has 2 N–H and O–H groups in total. The SMILES string of the molecule is COCCNCCNc1cc(OC)c(F)cc1[N+](=O)[O-]. The van der Waals surface area contributed by atoms with Crippen LogP contribution in [-0.4, -0.2) is 45.4 Å². The first-order chi connectivity index (χ1) is 9.60. The van der Waals surface area contributed by atoms with Crippen LogP contribution < -0.4 is 15.4 Å². The van der Waals surface area contributed by atoms with E-state index in [2.05, 4.69) is 10.6 Å². The molecule has 0 unspecified atom stereocenters. The van der Waals surface area contributed by atoms with Crippen LogP contribution in [0.4, 0.5) is 15.8 Å². The van der Waals surface area contributed by atoms with E-state index in [-0.39, 0.29) is 17.1 Å². The maximum Gasteiger partial charge on any atom is 0.295 e. The molecule has 0 saturated heterocycles. The van der Waals surface area contributed by atoms with Crippen LogP contribution in [-0.2, 0) is 4.74 Å². The van der Waals surface area contributed by atoms with E-state index in [1.807, 2.05) is 0 Å². The third-order valence-corrected chi connectivity index (χ3v) is 2.57. The predicted molar refractivity (Wildman–Crippen MR) is 72.8 cm³/mol. The van der Waals surface area contributed by atoms with E-state index in [0.717, 1.165) is 6.07 Å². The van der Waals surface area contributed by atoms with Gasteiger partial charge in [-0.05, 0) is 0 Å². The molecular weight excluding hydrogens is 269 g/mol. The van der Waals surface area contributed by atoms with Crippen molar-refractivity contribution in [1.82, 2.24) is 5.32 Å². The molecular formula is C12H18FN3O4. The van der Waals surface area contributed by atoms with Crippen LogP contribution in [0, 0.1) is 15.9 Å². The third-order valence-electron chi connectivity index (χ3n) is 2.57. The summed E-state index contributed by atoms with van der Waals surface area (Å²) in [6.07, 6.45) is 0. The zero-order chi connectivity index (χ0) is 15.0. The Balaban J connectivity index is 2.65. The van der Waals surface area contributed by atoms with E-state index < -0.39 is 10.7 Å². The Hall–Kier alpha value is -1.93. The van der Waals surface area contributed by atoms with Gasteiger partial charge in [0.05, 0.1) is 24.7 Å². The second-order valence-corrected chi connectivity index (χ2v) is 3.93. The standard InChI is InChI=1S/C12H18FN3O4/c1-19-6-5-14-3-4-15-10-8-12(20-2)9(13)7-11(10)16(17)18/h7-8,14-15H,3-6H2,1-2H3. The summed E-state index contributed by atoms with van der Waals surface area (Å²) in [6, 6.07) is 2.13. The number of nitro groups is 1. The minimum atomic E-state index is -0.761. The molecule has 0 bridgehead atoms. The second-order valence-electron chi connectivity index (χ2n) is 3.93. The van der Waals surface area contributed by atoms with Crippen LogP contribution in [0.3, 0.4) is 0 Å². The average molecular weight is 287 g/mol. The van der Waals surface area contributed by atoms with Crippen molar-refractivity contribution in [3.63, 3.8) is 0 Å². The molecule has 0 aliphatic heterocycles. The van der Waals surface area contributed by atoms with Gasteiger partial charge in [-0.3, -0.25) is 10.1 Å². The minimum Gasteiger partial charge on any atom is -0.494 e. The maximum absolute atomic E-state index is 13.4. The molecule has 0 aromatic heterocycles. The van der Waals surface area contributed by atoms with Gasteiger partial charge in [0.2, 0.25) is 0 Å². The van der Waals surface area contributed by atoms with E-state index >= 15 is 0 Å². The van der Waals surface area contributed by atoms with Gasteiger partial charge in [0, 0.05) is 32.8 Å². The molecule has 0 amide bonds. The van der Waals surface area contributed by atoms with Crippen LogP contribution in [0.25, 0.3) is 0 Å². The van der Waals surface area contributed by atoms with Gasteiger partial charge >= 0.3 is 0 Å². The Kier molecular flexibility index (Phi) is 6.68. The first-order valence-corrected chi connectivity index (χ1v) is 6.05. The van der Waals surface area contributed by atoms with E-state index in [1.54, 1.807) is 7.11 Å². The van der Waals surface area contributed by atoms with Crippen molar-refractivity contribution < 1.29 is 18.8 Å². The summed E-state index contributed by atoms with van der Waals surface area (Å²) < 4.78 is 23.1. The molecule has 0 saturated carbocycles. The first-order valence-electron chi connectivity index (χ1n) is 6.05. The molecule has 7 nitrogen and oxygen atoms in total. The molecule has 0 radical (unpaired) electrons. The van der Waals surface area contributed by atoms with Crippen LogP contribution in [0.5, 0.6) is 5.75 Å². The van der Waals surface area contributed by atoms with E-state index in [9.17, 15) is 14.5 Å². The Morgan fingerprint density at radius 2 is 2.05 bits per heavy atom. The number of nitrogens with one attached hydrogen (secondary N) is 2. The van der Waals surface area contributed by atoms with Crippen molar-refractivity contribution in [1.29, 1.82) is 0 Å². The number of methoxy groups -OCH3 is 2. The second kappa shape index (κ2) is 8.28. The van der Waals surface area contributed by atoms with Crippen molar-refractivity contribution in [3.05, 3.63) is 28.1 Å². The summed E-state index contributed by atoms with van der Waals surface area (Å²) in [6.45, 7) is 2.33. The quantitative estimate of drug-likeness (QED) is 0.405. The van der Waals surface area contributed by atoms with Crippen LogP contribution in [0.1, 0.15) is 0 Å². The normalized spacial score (nSPS) is 10.3. The molecule has 1 aromatic rings. The lowest BCUT2D eigenvalue weighted by molar-refractivity contribution is -0.384. The van der Waals surface area contributed by atoms with Gasteiger partial charge < -0.3 is 20.1 Å². The van der Waals surface area contributed by atoms with Crippen molar-refractivity contribution in [2.24, 2.45) is 0 Å². The third kappa shape index (κ3) is 4.63. The summed E-state index contributed by atoms with van der Waals surface area (Å²) in [5.74, 6) is -0.798. The fourth-order valence-corrected chi connectivity index (χ4v) is 1.58. The Bertz CT molecular complexity index is 457. The number of hydrogen-bond donors (Lipinski definition) is 2. The number of nitrogens with zero attached hydrogens (tertiary/aromatic N) is 1. The van der Waals surface area contributed by atoms with Crippen molar-refractivity contribution in [2.75, 3.05) is 45.8 Å². The van der Waals surface area contributed by atoms with Gasteiger partial charge in [0.1, 0.15) is 5.69 Å². The van der Waals surface area contributed by atoms with Crippen LogP contribution in [0.2, 0.25) is 0 Å². The topological polar surface area (TPSA) is 85.7 Å². The van der Waals surface area contributed by atoms with Crippen LogP contribution in [0.15, 0.2) is 12.1 Å². The number of rotatable bonds is 9. The lowest BCUT2D eigenvalue weighted by Gasteiger charge is -2.10. The largest absolute Gasteiger partial charge is 0.494 e. The molecule has 1 rings (SSSR count). The number of benzene rings is 1. The highest BCUT2D eigenvalue weighted by Crippen LogP contribution is 2.31. The molecule has 112 valence electrons. The van der Waals surface area contributed by atoms with Gasteiger partial charge in [-0.25, -0.2) is 4.39 Å². The molecule has 0 fully saturated rings. The van der Waals surface area contributed by atoms with E-state index in [4.69, 9.17) is 9.47 Å². The first kappa shape index (κ1) is 16.1. The number of hydrogen-bond acceptors (Lipinski definition) is 6. The highest BCUT2D eigenvalue weighted by atomic mass is 19.1. The van der Waals surface area contributed by atoms with Crippen molar-refractivity contribution >= 4 is 11.4 Å². The number of anilines is 1. The minimum absolute atomic E-state index is 0.0366. The van der Waals surface area contributed by atoms with Crippen LogP contribution >= 0.6 is 0 Å². The summed E-state index contributed by atoms with van der Waals surface area (Å²) in [4.78, 5) is 10.2. The highest BCUT2D eigenvalue weighted by Gasteiger charge is 2.18. The smallest absolute Gasteiger partial charge is 0.295 e. The van der Waals surface area contributed by atoms with Crippen molar-refractivity contribution in [3.8, 4) is 5.75 Å². The zero-order valence-corrected chi connectivity index (χ0v) is 11.4. The Labute approximate surface area is 116 Å². The molecule has 0 aliphatic rings. The summed E-state index contributed by atoms with van der Waals surface area (Å²) in [5.41, 5.74) is -0.0954. The molecule has 8 heteroatoms. The maximum atomic E-state index is 13.4. The summed E-state index contributed by atoms with van der Waals surface area (Å²) >= 11 is 0. The fourth-order valence-electron chi connectivity index (χ4n) is 1.58. The Morgan fingerprint density at radius 1 is 1.30 bits per heavy atom. The van der Waals surface area contributed by atoms with E-state index in [0.29, 0.717) is 26.2 Å². The molecule has 0 atom stereocenters. The van der Waals surface area contributed by atoms with Gasteiger partial charge in [-0.1, -0.05) is 0 Å². The van der Waals surface area contributed by atoms with Gasteiger partial charge in [0.15, 0.2) is 11.6 Å². The number of ether oxygens (including phenoxy) is 2. The monoisotopic (exact) mass is 287 g/mol. The number of nitro benzene ring substituents is 1. The molecule has 0 heterocycles. The lowest BCUT2D eigenvalue weighted by Crippen LogP contribution is -2.25. The van der Waals surface area contributed by atoms with Gasteiger partial charge in [-0.15, -0.1) is 0 Å². The Morgan fingerprint density at radius 3 is 2.65 bits per heavy atom. The number of halogens is 1. The molecule has 20 heavy (non-hydrogen) atoms. The van der Waals surface area contributed by atoms with Gasteiger partial charge in [-0.2, -0.15) is 0 Å². The molecule has 0 aliphatic carbocycles. The molecule has 0 spiro atoms. The van der Waals surface area contributed by atoms with Gasteiger partial charge in [0.25, 0.3) is 5.69 Å². The summed E-state index contributed by atoms with van der Waals surface area (Å²) in [7, 11) is 2.91. The fraction of sp³-hybridized carbons (Fsp3) is 0.500.